The van der Waals surface area contributed by atoms with Crippen LogP contribution in [0.1, 0.15) is 25.0 Å². The van der Waals surface area contributed by atoms with E-state index in [-0.39, 0.29) is 29.8 Å². The van der Waals surface area contributed by atoms with Crippen molar-refractivity contribution in [3.05, 3.63) is 113 Å². The molecule has 0 saturated heterocycles. The standard InChI is InChI=1S/C32H34ClN3O4S/c1-23(2)34-32(38)30(19-24-9-5-4-6-10-24)36(21-25-13-16-28(33)17-14-25)31(37)22-35(3)41(39,40)29-18-15-26-11-7-8-12-27(26)20-29/h4-18,20,23,30H,19,21-22H2,1-3H3,(H,34,38)/t30-/m1/s1. The minimum absolute atomic E-state index is 0.0918. The monoisotopic (exact) mass is 591 g/mol. The van der Waals surface area contributed by atoms with Gasteiger partial charge in [0.2, 0.25) is 21.8 Å². The molecule has 0 aliphatic carbocycles. The van der Waals surface area contributed by atoms with Crippen LogP contribution >= 0.6 is 11.6 Å². The quantitative estimate of drug-likeness (QED) is 0.257. The van der Waals surface area contributed by atoms with Gasteiger partial charge in [-0.2, -0.15) is 4.31 Å². The molecule has 7 nitrogen and oxygen atoms in total. The number of carbonyl (C=O) groups is 2. The third-order valence-electron chi connectivity index (χ3n) is 6.76. The van der Waals surface area contributed by atoms with E-state index in [9.17, 15) is 18.0 Å². The van der Waals surface area contributed by atoms with Gasteiger partial charge in [0.15, 0.2) is 0 Å². The number of hydrogen-bond donors (Lipinski definition) is 1. The molecule has 1 atom stereocenters. The summed E-state index contributed by atoms with van der Waals surface area (Å²) in [5.41, 5.74) is 1.64. The number of amides is 2. The Kier molecular flexibility index (Phi) is 9.81. The molecule has 0 radical (unpaired) electrons. The summed E-state index contributed by atoms with van der Waals surface area (Å²) in [6.45, 7) is 3.37. The van der Waals surface area contributed by atoms with Crippen LogP contribution in [-0.4, -0.2) is 55.1 Å². The molecule has 4 aromatic rings. The van der Waals surface area contributed by atoms with Gasteiger partial charge in [0.05, 0.1) is 11.4 Å². The van der Waals surface area contributed by atoms with Crippen LogP contribution in [0.15, 0.2) is 102 Å². The van der Waals surface area contributed by atoms with Crippen LogP contribution in [0.2, 0.25) is 5.02 Å². The third kappa shape index (κ3) is 7.73. The SMILES string of the molecule is CC(C)NC(=O)[C@@H](Cc1ccccc1)N(Cc1ccc(Cl)cc1)C(=O)CN(C)S(=O)(=O)c1ccc2ccccc2c1. The maximum atomic E-state index is 14.0. The lowest BCUT2D eigenvalue weighted by atomic mass is 10.0. The van der Waals surface area contributed by atoms with Crippen molar-refractivity contribution in [3.63, 3.8) is 0 Å². The van der Waals surface area contributed by atoms with Crippen molar-refractivity contribution < 1.29 is 18.0 Å². The van der Waals surface area contributed by atoms with Crippen LogP contribution < -0.4 is 5.32 Å². The smallest absolute Gasteiger partial charge is 0.243 e. The second kappa shape index (κ2) is 13.3. The van der Waals surface area contributed by atoms with Gasteiger partial charge in [-0.1, -0.05) is 84.4 Å². The number of nitrogens with zero attached hydrogens (tertiary/aromatic N) is 2. The number of benzene rings is 4. The highest BCUT2D eigenvalue weighted by atomic mass is 35.5. The lowest BCUT2D eigenvalue weighted by molar-refractivity contribution is -0.141. The zero-order valence-electron chi connectivity index (χ0n) is 23.3. The fraction of sp³-hybridized carbons (Fsp3) is 0.250. The summed E-state index contributed by atoms with van der Waals surface area (Å²) in [5, 5.41) is 5.18. The molecule has 2 amide bonds. The van der Waals surface area contributed by atoms with E-state index in [1.807, 2.05) is 68.4 Å². The molecule has 0 spiro atoms. The van der Waals surface area contributed by atoms with Crippen molar-refractivity contribution in [3.8, 4) is 0 Å². The fourth-order valence-electron chi connectivity index (χ4n) is 4.60. The molecule has 0 aromatic heterocycles. The highest BCUT2D eigenvalue weighted by molar-refractivity contribution is 7.89. The maximum absolute atomic E-state index is 14.0. The lowest BCUT2D eigenvalue weighted by Gasteiger charge is -2.33. The third-order valence-corrected chi connectivity index (χ3v) is 8.81. The Bertz CT molecular complexity index is 1610. The molecule has 9 heteroatoms. The van der Waals surface area contributed by atoms with Crippen LogP contribution in [0.5, 0.6) is 0 Å². The van der Waals surface area contributed by atoms with E-state index < -0.39 is 28.5 Å². The normalized spacial score (nSPS) is 12.4. The Morgan fingerprint density at radius 2 is 1.46 bits per heavy atom. The maximum Gasteiger partial charge on any atom is 0.243 e. The summed E-state index contributed by atoms with van der Waals surface area (Å²) in [6, 6.07) is 27.8. The predicted octanol–water partition coefficient (Wildman–Crippen LogP) is 5.28. The second-order valence-corrected chi connectivity index (χ2v) is 12.8. The van der Waals surface area contributed by atoms with Crippen LogP contribution in [0, 0.1) is 0 Å². The number of sulfonamides is 1. The van der Waals surface area contributed by atoms with Crippen molar-refractivity contribution >= 4 is 44.2 Å². The Labute approximate surface area is 246 Å². The van der Waals surface area contributed by atoms with Crippen molar-refractivity contribution in [2.75, 3.05) is 13.6 Å². The summed E-state index contributed by atoms with van der Waals surface area (Å²) in [4.78, 5) is 29.0. The molecule has 0 aliphatic heterocycles. The van der Waals surface area contributed by atoms with E-state index in [2.05, 4.69) is 5.32 Å². The summed E-state index contributed by atoms with van der Waals surface area (Å²) >= 11 is 6.08. The molecule has 214 valence electrons. The zero-order chi connectivity index (χ0) is 29.6. The number of carbonyl (C=O) groups excluding carboxylic acids is 2. The van der Waals surface area contributed by atoms with E-state index in [1.165, 1.54) is 11.9 Å². The molecule has 0 heterocycles. The van der Waals surface area contributed by atoms with Gasteiger partial charge in [-0.15, -0.1) is 0 Å². The molecular formula is C32H34ClN3O4S. The van der Waals surface area contributed by atoms with Crippen LogP contribution in [-0.2, 0) is 32.6 Å². The Morgan fingerprint density at radius 3 is 2.12 bits per heavy atom. The van der Waals surface area contributed by atoms with Crippen LogP contribution in [0.25, 0.3) is 10.8 Å². The van der Waals surface area contributed by atoms with Crippen molar-refractivity contribution in [1.82, 2.24) is 14.5 Å². The number of likely N-dealkylation sites (N-methyl/N-ethyl adjacent to an activating group) is 1. The van der Waals surface area contributed by atoms with Gasteiger partial charge >= 0.3 is 0 Å². The molecule has 41 heavy (non-hydrogen) atoms. The largest absolute Gasteiger partial charge is 0.352 e. The number of rotatable bonds is 11. The van der Waals surface area contributed by atoms with Gasteiger partial charge in [0.1, 0.15) is 6.04 Å². The Morgan fingerprint density at radius 1 is 0.829 bits per heavy atom. The average molecular weight is 592 g/mol. The lowest BCUT2D eigenvalue weighted by Crippen LogP contribution is -2.53. The number of fused-ring (bicyclic) bond motifs is 1. The first kappa shape index (κ1) is 30.2. The highest BCUT2D eigenvalue weighted by Gasteiger charge is 2.33. The Balaban J connectivity index is 1.66. The Hall–Kier alpha value is -3.72. The molecule has 0 bridgehead atoms. The number of hydrogen-bond acceptors (Lipinski definition) is 4. The molecular weight excluding hydrogens is 558 g/mol. The minimum Gasteiger partial charge on any atom is -0.352 e. The molecule has 0 unspecified atom stereocenters. The average Bonchev–Trinajstić information content (AvgIpc) is 2.95. The molecule has 0 aliphatic rings. The number of halogens is 1. The van der Waals surface area contributed by atoms with Gasteiger partial charge < -0.3 is 10.2 Å². The molecule has 0 fully saturated rings. The highest BCUT2D eigenvalue weighted by Crippen LogP contribution is 2.22. The van der Waals surface area contributed by atoms with E-state index in [1.54, 1.807) is 42.5 Å². The first-order valence-corrected chi connectivity index (χ1v) is 15.2. The van der Waals surface area contributed by atoms with Crippen LogP contribution in [0.3, 0.4) is 0 Å². The van der Waals surface area contributed by atoms with Crippen molar-refractivity contribution in [2.45, 2.75) is 43.8 Å². The zero-order valence-corrected chi connectivity index (χ0v) is 24.9. The number of nitrogens with one attached hydrogen (secondary N) is 1. The van der Waals surface area contributed by atoms with Crippen molar-refractivity contribution in [1.29, 1.82) is 0 Å². The topological polar surface area (TPSA) is 86.8 Å². The first-order valence-electron chi connectivity index (χ1n) is 13.4. The van der Waals surface area contributed by atoms with E-state index in [4.69, 9.17) is 11.6 Å². The molecule has 0 saturated carbocycles. The van der Waals surface area contributed by atoms with Crippen LogP contribution in [0.4, 0.5) is 0 Å². The molecule has 4 rings (SSSR count). The fourth-order valence-corrected chi connectivity index (χ4v) is 5.88. The van der Waals surface area contributed by atoms with E-state index in [0.29, 0.717) is 5.02 Å². The summed E-state index contributed by atoms with van der Waals surface area (Å²) in [7, 11) is -2.62. The van der Waals surface area contributed by atoms with E-state index >= 15 is 0 Å². The van der Waals surface area contributed by atoms with Gasteiger partial charge in [-0.25, -0.2) is 8.42 Å². The van der Waals surface area contributed by atoms with E-state index in [0.717, 1.165) is 26.2 Å². The predicted molar refractivity (Wildman–Crippen MR) is 163 cm³/mol. The van der Waals surface area contributed by atoms with Gasteiger partial charge in [0, 0.05) is 31.1 Å². The van der Waals surface area contributed by atoms with Gasteiger partial charge in [0.25, 0.3) is 0 Å². The molecule has 1 N–H and O–H groups in total. The summed E-state index contributed by atoms with van der Waals surface area (Å²) in [6.07, 6.45) is 0.264. The summed E-state index contributed by atoms with van der Waals surface area (Å²) in [5.74, 6) is -0.808. The second-order valence-electron chi connectivity index (χ2n) is 10.3. The first-order chi connectivity index (χ1) is 19.5. The van der Waals surface area contributed by atoms with Gasteiger partial charge in [-0.3, -0.25) is 9.59 Å². The molecule has 4 aromatic carbocycles. The minimum atomic E-state index is -3.99. The van der Waals surface area contributed by atoms with Crippen molar-refractivity contribution in [2.24, 2.45) is 0 Å². The van der Waals surface area contributed by atoms with Gasteiger partial charge in [-0.05, 0) is 60.0 Å². The summed E-state index contributed by atoms with van der Waals surface area (Å²) < 4.78 is 28.1.